The summed E-state index contributed by atoms with van der Waals surface area (Å²) in [5, 5.41) is 0. The van der Waals surface area contributed by atoms with Crippen molar-refractivity contribution in [2.45, 2.75) is 55.9 Å². The molecule has 2 aliphatic rings. The van der Waals surface area contributed by atoms with Gasteiger partial charge >= 0.3 is 0 Å². The van der Waals surface area contributed by atoms with Gasteiger partial charge in [-0.3, -0.25) is 19.3 Å². The third-order valence-electron chi connectivity index (χ3n) is 6.04. The molecule has 2 aromatic heterocycles. The Morgan fingerprint density at radius 1 is 1.00 bits per heavy atom. The summed E-state index contributed by atoms with van der Waals surface area (Å²) in [6.45, 7) is 0.659. The first kappa shape index (κ1) is 20.9. The van der Waals surface area contributed by atoms with Crippen molar-refractivity contribution in [2.24, 2.45) is 10.9 Å². The zero-order valence-corrected chi connectivity index (χ0v) is 17.9. The molecule has 0 amide bonds. The summed E-state index contributed by atoms with van der Waals surface area (Å²) in [7, 11) is -3.57. The first-order valence-electron chi connectivity index (χ1n) is 10.7. The van der Waals surface area contributed by atoms with Crippen molar-refractivity contribution in [1.82, 2.24) is 13.9 Å². The monoisotopic (exact) mass is 428 g/mol. The highest BCUT2D eigenvalue weighted by Gasteiger charge is 2.32. The SMILES string of the molecule is O=C(C1CCN(S(=O)(=O)c2cccnc2)CC1)n1ccccc1=NC1CCCCC1. The van der Waals surface area contributed by atoms with Gasteiger partial charge in [0.25, 0.3) is 0 Å². The fourth-order valence-corrected chi connectivity index (χ4v) is 5.75. The number of sulfonamides is 1. The average molecular weight is 429 g/mol. The van der Waals surface area contributed by atoms with E-state index >= 15 is 0 Å². The molecule has 2 aromatic rings. The highest BCUT2D eigenvalue weighted by molar-refractivity contribution is 7.89. The Morgan fingerprint density at radius 3 is 2.47 bits per heavy atom. The maximum absolute atomic E-state index is 13.2. The van der Waals surface area contributed by atoms with Crippen molar-refractivity contribution in [3.8, 4) is 0 Å². The van der Waals surface area contributed by atoms with Gasteiger partial charge in [0.1, 0.15) is 10.4 Å². The Kier molecular flexibility index (Phi) is 6.43. The lowest BCUT2D eigenvalue weighted by atomic mass is 9.96. The molecule has 0 spiro atoms. The van der Waals surface area contributed by atoms with Crippen LogP contribution < -0.4 is 5.49 Å². The van der Waals surface area contributed by atoms with Gasteiger partial charge in [0.15, 0.2) is 0 Å². The van der Waals surface area contributed by atoms with Gasteiger partial charge in [-0.1, -0.05) is 25.3 Å². The zero-order valence-electron chi connectivity index (χ0n) is 17.1. The molecule has 0 radical (unpaired) electrons. The normalized spacial score (nSPS) is 20.3. The predicted octanol–water partition coefficient (Wildman–Crippen LogP) is 2.86. The molecule has 1 saturated heterocycles. The summed E-state index contributed by atoms with van der Waals surface area (Å²) in [6, 6.07) is 9.11. The topological polar surface area (TPSA) is 84.6 Å². The number of hydrogen-bond donors (Lipinski definition) is 0. The molecule has 1 aliphatic carbocycles. The van der Waals surface area contributed by atoms with E-state index in [0.29, 0.717) is 31.4 Å². The molecule has 4 rings (SSSR count). The largest absolute Gasteiger partial charge is 0.274 e. The number of piperidine rings is 1. The van der Waals surface area contributed by atoms with Crippen molar-refractivity contribution in [3.63, 3.8) is 0 Å². The lowest BCUT2D eigenvalue weighted by Crippen LogP contribution is -2.42. The third-order valence-corrected chi connectivity index (χ3v) is 7.92. The molecule has 0 N–H and O–H groups in total. The number of rotatable bonds is 4. The minimum absolute atomic E-state index is 0.00332. The van der Waals surface area contributed by atoms with Gasteiger partial charge < -0.3 is 0 Å². The van der Waals surface area contributed by atoms with Gasteiger partial charge in [0.05, 0.1) is 6.04 Å². The summed E-state index contributed by atoms with van der Waals surface area (Å²) in [6.07, 6.45) is 11.5. The van der Waals surface area contributed by atoms with Crippen molar-refractivity contribution in [1.29, 1.82) is 0 Å². The van der Waals surface area contributed by atoms with Crippen LogP contribution in [0.25, 0.3) is 0 Å². The molecule has 1 saturated carbocycles. The second-order valence-electron chi connectivity index (χ2n) is 8.06. The Labute approximate surface area is 177 Å². The number of carbonyl (C=O) groups is 1. The minimum Gasteiger partial charge on any atom is -0.274 e. The van der Waals surface area contributed by atoms with E-state index in [1.54, 1.807) is 29.1 Å². The predicted molar refractivity (Wildman–Crippen MR) is 113 cm³/mol. The maximum Gasteiger partial charge on any atom is 0.244 e. The summed E-state index contributed by atoms with van der Waals surface area (Å²) >= 11 is 0. The fourth-order valence-electron chi connectivity index (χ4n) is 4.31. The van der Waals surface area contributed by atoms with Gasteiger partial charge in [-0.25, -0.2) is 8.42 Å². The summed E-state index contributed by atoms with van der Waals surface area (Å²) < 4.78 is 28.7. The van der Waals surface area contributed by atoms with E-state index < -0.39 is 10.0 Å². The van der Waals surface area contributed by atoms with E-state index in [2.05, 4.69) is 4.98 Å². The van der Waals surface area contributed by atoms with E-state index in [-0.39, 0.29) is 22.8 Å². The van der Waals surface area contributed by atoms with Crippen molar-refractivity contribution >= 4 is 15.9 Å². The zero-order chi connectivity index (χ0) is 21.0. The van der Waals surface area contributed by atoms with Gasteiger partial charge in [-0.2, -0.15) is 4.31 Å². The highest BCUT2D eigenvalue weighted by atomic mass is 32.2. The van der Waals surface area contributed by atoms with Gasteiger partial charge in [0, 0.05) is 37.6 Å². The first-order chi connectivity index (χ1) is 14.6. The molecule has 7 nitrogen and oxygen atoms in total. The molecule has 30 heavy (non-hydrogen) atoms. The second-order valence-corrected chi connectivity index (χ2v) is 9.99. The molecule has 0 aromatic carbocycles. The lowest BCUT2D eigenvalue weighted by molar-refractivity contribution is 0.0780. The van der Waals surface area contributed by atoms with Crippen LogP contribution in [-0.4, -0.2) is 47.3 Å². The van der Waals surface area contributed by atoms with Crippen molar-refractivity contribution in [2.75, 3.05) is 13.1 Å². The Morgan fingerprint density at radius 2 is 1.77 bits per heavy atom. The maximum atomic E-state index is 13.2. The van der Waals surface area contributed by atoms with E-state index in [1.807, 2.05) is 18.2 Å². The molecule has 160 valence electrons. The fraction of sp³-hybridized carbons (Fsp3) is 0.500. The molecule has 8 heteroatoms. The van der Waals surface area contributed by atoms with Crippen LogP contribution in [0.5, 0.6) is 0 Å². The van der Waals surface area contributed by atoms with Crippen LogP contribution in [0.4, 0.5) is 0 Å². The third kappa shape index (κ3) is 4.54. The van der Waals surface area contributed by atoms with Gasteiger partial charge in [-0.05, 0) is 49.9 Å². The molecular weight excluding hydrogens is 400 g/mol. The van der Waals surface area contributed by atoms with Crippen LogP contribution in [0, 0.1) is 5.92 Å². The Hall–Kier alpha value is -2.32. The number of nitrogens with zero attached hydrogens (tertiary/aromatic N) is 4. The number of carbonyl (C=O) groups excluding carboxylic acids is 1. The molecular formula is C22H28N4O3S. The minimum atomic E-state index is -3.57. The highest BCUT2D eigenvalue weighted by Crippen LogP contribution is 2.24. The van der Waals surface area contributed by atoms with Gasteiger partial charge in [0.2, 0.25) is 15.9 Å². The first-order valence-corrected chi connectivity index (χ1v) is 12.2. The van der Waals surface area contributed by atoms with Crippen LogP contribution in [-0.2, 0) is 10.0 Å². The van der Waals surface area contributed by atoms with E-state index in [1.165, 1.54) is 29.8 Å². The number of aromatic nitrogens is 2. The molecule has 3 heterocycles. The number of pyridine rings is 2. The molecule has 2 fully saturated rings. The van der Waals surface area contributed by atoms with E-state index in [9.17, 15) is 13.2 Å². The number of hydrogen-bond acceptors (Lipinski definition) is 5. The smallest absolute Gasteiger partial charge is 0.244 e. The quantitative estimate of drug-likeness (QED) is 0.750. The van der Waals surface area contributed by atoms with Crippen LogP contribution >= 0.6 is 0 Å². The van der Waals surface area contributed by atoms with E-state index in [4.69, 9.17) is 4.99 Å². The standard InChI is InChI=1S/C22H28N4O3S/c27-22(26-14-5-4-10-21(26)24-19-7-2-1-3-8-19)18-11-15-25(16-12-18)30(28,29)20-9-6-13-23-17-20/h4-6,9-10,13-14,17-19H,1-3,7-8,11-12,15-16H2. The summed E-state index contributed by atoms with van der Waals surface area (Å²) in [5.74, 6) is -0.207. The summed E-state index contributed by atoms with van der Waals surface area (Å²) in [4.78, 5) is 22.2. The van der Waals surface area contributed by atoms with Crippen molar-refractivity contribution < 1.29 is 13.2 Å². The van der Waals surface area contributed by atoms with Crippen molar-refractivity contribution in [3.05, 3.63) is 54.4 Å². The average Bonchev–Trinajstić information content (AvgIpc) is 2.80. The Bertz CT molecular complexity index is 1040. The molecule has 0 atom stereocenters. The van der Waals surface area contributed by atoms with E-state index in [0.717, 1.165) is 12.8 Å². The molecule has 0 bridgehead atoms. The van der Waals surface area contributed by atoms with Crippen LogP contribution in [0.2, 0.25) is 0 Å². The summed E-state index contributed by atoms with van der Waals surface area (Å²) in [5.41, 5.74) is 0.708. The second kappa shape index (κ2) is 9.22. The molecule has 1 aliphatic heterocycles. The lowest BCUT2D eigenvalue weighted by Gasteiger charge is -2.30. The van der Waals surface area contributed by atoms with Crippen LogP contribution in [0.1, 0.15) is 49.7 Å². The van der Waals surface area contributed by atoms with Crippen LogP contribution in [0.15, 0.2) is 58.8 Å². The Balaban J connectivity index is 1.47. The van der Waals surface area contributed by atoms with Crippen LogP contribution in [0.3, 0.4) is 0 Å². The van der Waals surface area contributed by atoms with Gasteiger partial charge in [-0.15, -0.1) is 0 Å². The molecule has 0 unspecified atom stereocenters.